The number of hydrogen-bond donors (Lipinski definition) is 4. The van der Waals surface area contributed by atoms with Crippen molar-refractivity contribution in [1.29, 1.82) is 0 Å². The normalized spacial score (nSPS) is 40.9. The topological polar surface area (TPSA) is 116 Å². The Kier molecular flexibility index (Phi) is 8.23. The maximum absolute atomic E-state index is 12.8. The van der Waals surface area contributed by atoms with Gasteiger partial charge in [0.05, 0.1) is 17.1 Å². The van der Waals surface area contributed by atoms with E-state index in [1.54, 1.807) is 12.1 Å². The highest BCUT2D eigenvalue weighted by molar-refractivity contribution is 7.90. The molecule has 5 aliphatic rings. The summed E-state index contributed by atoms with van der Waals surface area (Å²) < 4.78 is 27.8. The molecule has 10 atom stereocenters. The van der Waals surface area contributed by atoms with Gasteiger partial charge in [-0.15, -0.1) is 0 Å². The first-order valence-electron chi connectivity index (χ1n) is 16.8. The molecule has 8 heteroatoms. The molecule has 42 heavy (non-hydrogen) atoms. The van der Waals surface area contributed by atoms with E-state index in [0.29, 0.717) is 36.1 Å². The summed E-state index contributed by atoms with van der Waals surface area (Å²) in [6, 6.07) is 4.50. The molecule has 1 aromatic rings. The third-order valence-corrected chi connectivity index (χ3v) is 14.5. The van der Waals surface area contributed by atoms with Crippen LogP contribution in [0.2, 0.25) is 0 Å². The number of aliphatic hydroxyl groups excluding tert-OH is 2. The molecule has 5 aliphatic carbocycles. The number of rotatable bonds is 7. The standard InChI is InChI=1S/C34H52N2O5S/c1-4-26-29-20-24(37)14-16-34(29,3)28-15-17-33(2)23(11-13-27(33)30(28)31(26)38)9-6-18-35-32(39)36-42(40,41)25-12-10-21-7-5-8-22(21)19-25/h10,12,19,23-24,26-31,37-38H,4-9,11,13-18,20H2,1-3H3,(H2,35,36,39)/t23-,24+,26+,27-,28-,29-,30-,31+,33+,34+/m0/s1. The van der Waals surface area contributed by atoms with Crippen LogP contribution < -0.4 is 10.0 Å². The lowest BCUT2D eigenvalue weighted by Gasteiger charge is -2.64. The summed E-state index contributed by atoms with van der Waals surface area (Å²) in [5.74, 6) is 2.61. The van der Waals surface area contributed by atoms with E-state index < -0.39 is 16.1 Å². The third-order valence-electron chi connectivity index (χ3n) is 13.2. The van der Waals surface area contributed by atoms with E-state index in [0.717, 1.165) is 82.6 Å². The molecule has 2 amide bonds. The van der Waals surface area contributed by atoms with Gasteiger partial charge in [-0.1, -0.05) is 33.3 Å². The number of carbonyl (C=O) groups is 1. The van der Waals surface area contributed by atoms with Crippen LogP contribution in [0.25, 0.3) is 0 Å². The molecular weight excluding hydrogens is 548 g/mol. The number of urea groups is 1. The van der Waals surface area contributed by atoms with Crippen LogP contribution in [-0.2, 0) is 22.9 Å². The summed E-state index contributed by atoms with van der Waals surface area (Å²) in [6.07, 6.45) is 12.7. The average Bonchev–Trinajstić information content (AvgIpc) is 3.55. The van der Waals surface area contributed by atoms with Crippen molar-refractivity contribution in [2.24, 2.45) is 46.3 Å². The highest BCUT2D eigenvalue weighted by Crippen LogP contribution is 2.69. The number of aliphatic hydroxyl groups is 2. The molecule has 0 saturated heterocycles. The Hall–Kier alpha value is -1.64. The second kappa shape index (κ2) is 11.4. The Labute approximate surface area is 252 Å². The first kappa shape index (κ1) is 30.4. The van der Waals surface area contributed by atoms with E-state index >= 15 is 0 Å². The molecule has 7 nitrogen and oxygen atoms in total. The van der Waals surface area contributed by atoms with Crippen LogP contribution in [0.5, 0.6) is 0 Å². The van der Waals surface area contributed by atoms with Crippen molar-refractivity contribution < 1.29 is 23.4 Å². The molecule has 0 aromatic heterocycles. The maximum Gasteiger partial charge on any atom is 0.328 e. The van der Waals surface area contributed by atoms with Crippen LogP contribution >= 0.6 is 0 Å². The monoisotopic (exact) mass is 600 g/mol. The van der Waals surface area contributed by atoms with Crippen molar-refractivity contribution >= 4 is 16.1 Å². The van der Waals surface area contributed by atoms with Gasteiger partial charge in [-0.05, 0) is 147 Å². The summed E-state index contributed by atoms with van der Waals surface area (Å²) in [4.78, 5) is 12.7. The summed E-state index contributed by atoms with van der Waals surface area (Å²) >= 11 is 0. The molecule has 4 N–H and O–H groups in total. The van der Waals surface area contributed by atoms with Crippen LogP contribution in [-0.4, -0.2) is 43.4 Å². The molecule has 234 valence electrons. The summed E-state index contributed by atoms with van der Waals surface area (Å²) in [5.41, 5.74) is 2.66. The van der Waals surface area contributed by atoms with Crippen LogP contribution in [0.15, 0.2) is 23.1 Å². The molecule has 4 saturated carbocycles. The van der Waals surface area contributed by atoms with Crippen LogP contribution in [0.4, 0.5) is 4.79 Å². The number of aryl methyl sites for hydroxylation is 2. The smallest absolute Gasteiger partial charge is 0.328 e. The van der Waals surface area contributed by atoms with Gasteiger partial charge in [0.15, 0.2) is 0 Å². The van der Waals surface area contributed by atoms with E-state index in [9.17, 15) is 23.4 Å². The highest BCUT2D eigenvalue weighted by atomic mass is 32.2. The maximum atomic E-state index is 12.8. The third kappa shape index (κ3) is 5.11. The van der Waals surface area contributed by atoms with Gasteiger partial charge in [0.25, 0.3) is 10.0 Å². The quantitative estimate of drug-likeness (QED) is 0.306. The zero-order valence-electron chi connectivity index (χ0n) is 25.8. The summed E-state index contributed by atoms with van der Waals surface area (Å²) in [7, 11) is -3.90. The van der Waals surface area contributed by atoms with Gasteiger partial charge in [0.1, 0.15) is 0 Å². The molecule has 0 spiro atoms. The number of fused-ring (bicyclic) bond motifs is 6. The van der Waals surface area contributed by atoms with Crippen LogP contribution in [0, 0.1) is 46.3 Å². The molecule has 0 radical (unpaired) electrons. The molecule has 0 heterocycles. The molecule has 0 unspecified atom stereocenters. The fourth-order valence-electron chi connectivity index (χ4n) is 11.0. The van der Waals surface area contributed by atoms with Crippen LogP contribution in [0.3, 0.4) is 0 Å². The number of nitrogens with one attached hydrogen (secondary N) is 2. The van der Waals surface area contributed by atoms with Gasteiger partial charge < -0.3 is 15.5 Å². The molecule has 1 aromatic carbocycles. The summed E-state index contributed by atoms with van der Waals surface area (Å²) in [5, 5.41) is 25.2. The number of carbonyl (C=O) groups excluding carboxylic acids is 1. The van der Waals surface area contributed by atoms with E-state index in [1.807, 2.05) is 6.07 Å². The number of amides is 2. The van der Waals surface area contributed by atoms with Gasteiger partial charge in [-0.3, -0.25) is 0 Å². The second-order valence-corrected chi connectivity index (χ2v) is 16.7. The van der Waals surface area contributed by atoms with Gasteiger partial charge in [-0.2, -0.15) is 0 Å². The Morgan fingerprint density at radius 2 is 1.71 bits per heavy atom. The Balaban J connectivity index is 1.05. The first-order valence-corrected chi connectivity index (χ1v) is 18.2. The lowest BCUT2D eigenvalue weighted by atomic mass is 9.41. The Morgan fingerprint density at radius 3 is 2.50 bits per heavy atom. The van der Waals surface area contributed by atoms with E-state index in [4.69, 9.17) is 0 Å². The number of hydrogen-bond acceptors (Lipinski definition) is 5. The van der Waals surface area contributed by atoms with Crippen molar-refractivity contribution in [3.8, 4) is 0 Å². The predicted octanol–water partition coefficient (Wildman–Crippen LogP) is 5.57. The van der Waals surface area contributed by atoms with Crippen molar-refractivity contribution in [2.75, 3.05) is 6.54 Å². The Morgan fingerprint density at radius 1 is 0.976 bits per heavy atom. The van der Waals surface area contributed by atoms with Gasteiger partial charge in [0.2, 0.25) is 0 Å². The lowest BCUT2D eigenvalue weighted by Crippen LogP contribution is -2.62. The fourth-order valence-corrected chi connectivity index (χ4v) is 12.0. The first-order chi connectivity index (χ1) is 20.0. The summed E-state index contributed by atoms with van der Waals surface area (Å²) in [6.45, 7) is 7.60. The van der Waals surface area contributed by atoms with Gasteiger partial charge >= 0.3 is 6.03 Å². The van der Waals surface area contributed by atoms with Gasteiger partial charge in [-0.25, -0.2) is 17.9 Å². The van der Waals surface area contributed by atoms with E-state index in [2.05, 4.69) is 30.8 Å². The zero-order valence-corrected chi connectivity index (χ0v) is 26.6. The lowest BCUT2D eigenvalue weighted by molar-refractivity contribution is -0.202. The minimum Gasteiger partial charge on any atom is -0.393 e. The van der Waals surface area contributed by atoms with Crippen LogP contribution in [0.1, 0.15) is 103 Å². The van der Waals surface area contributed by atoms with Gasteiger partial charge in [0, 0.05) is 6.54 Å². The molecule has 0 bridgehead atoms. The number of sulfonamides is 1. The number of benzene rings is 1. The highest BCUT2D eigenvalue weighted by Gasteiger charge is 2.64. The van der Waals surface area contributed by atoms with Crippen molar-refractivity contribution in [2.45, 2.75) is 121 Å². The zero-order chi connectivity index (χ0) is 29.9. The molecule has 0 aliphatic heterocycles. The van der Waals surface area contributed by atoms with Crippen molar-refractivity contribution in [1.82, 2.24) is 10.0 Å². The van der Waals surface area contributed by atoms with E-state index in [-0.39, 0.29) is 33.9 Å². The minimum absolute atomic E-state index is 0.152. The second-order valence-electron chi connectivity index (χ2n) is 15.0. The van der Waals surface area contributed by atoms with Crippen molar-refractivity contribution in [3.05, 3.63) is 29.3 Å². The average molecular weight is 601 g/mol. The largest absolute Gasteiger partial charge is 0.393 e. The minimum atomic E-state index is -3.90. The fraction of sp³-hybridized carbons (Fsp3) is 0.794. The van der Waals surface area contributed by atoms with Crippen molar-refractivity contribution in [3.63, 3.8) is 0 Å². The van der Waals surface area contributed by atoms with E-state index in [1.165, 1.54) is 12.0 Å². The SMILES string of the molecule is CC[C@H]1[C@@H](O)[C@@H]2[C@H](CC[C@]3(C)[C@@H](CCCNC(=O)NS(=O)(=O)c4ccc5c(c4)CCC5)CC[C@@H]23)[C@@]2(C)CC[C@@H](O)C[C@@H]12. The molecular formula is C34H52N2O5S. The molecule has 4 fully saturated rings. The molecule has 6 rings (SSSR count). The predicted molar refractivity (Wildman–Crippen MR) is 163 cm³/mol. The Bertz CT molecular complexity index is 1280.